The fourth-order valence-electron chi connectivity index (χ4n) is 2.03. The molecule has 0 bridgehead atoms. The maximum absolute atomic E-state index is 12.1. The number of para-hydroxylation sites is 2. The number of hydrogen-bond acceptors (Lipinski definition) is 4. The molecule has 110 valence electrons. The zero-order valence-electron chi connectivity index (χ0n) is 11.4. The van der Waals surface area contributed by atoms with Crippen LogP contribution in [-0.4, -0.2) is 25.2 Å². The number of halogens is 1. The van der Waals surface area contributed by atoms with Gasteiger partial charge in [-0.3, -0.25) is 4.79 Å². The molecule has 1 N–H and O–H groups in total. The lowest BCUT2D eigenvalue weighted by molar-refractivity contribution is 0.0791. The van der Waals surface area contributed by atoms with Crippen LogP contribution in [0, 0.1) is 6.92 Å². The Bertz CT molecular complexity index is 651. The third-order valence-electron chi connectivity index (χ3n) is 3.14. The maximum Gasteiger partial charge on any atom is 0.261 e. The number of amides is 1. The number of fused-ring (bicyclic) bond motifs is 1. The monoisotopic (exact) mass is 367 g/mol. The Hall–Kier alpha value is -1.53. The smallest absolute Gasteiger partial charge is 0.261 e. The van der Waals surface area contributed by atoms with Crippen LogP contribution in [0.4, 0.5) is 0 Å². The van der Waals surface area contributed by atoms with Gasteiger partial charge >= 0.3 is 0 Å². The number of carbonyl (C=O) groups excluding carboxylic acids is 1. The quantitative estimate of drug-likeness (QED) is 0.904. The summed E-state index contributed by atoms with van der Waals surface area (Å²) in [4.78, 5) is 12.8. The molecule has 1 aliphatic heterocycles. The summed E-state index contributed by atoms with van der Waals surface area (Å²) in [5.41, 5.74) is 1.07. The molecule has 0 aliphatic carbocycles. The molecule has 2 heterocycles. The predicted molar refractivity (Wildman–Crippen MR) is 85.4 cm³/mol. The molecule has 3 rings (SSSR count). The van der Waals surface area contributed by atoms with Gasteiger partial charge in [-0.1, -0.05) is 12.1 Å². The van der Waals surface area contributed by atoms with E-state index in [1.165, 1.54) is 11.3 Å². The van der Waals surface area contributed by atoms with Crippen molar-refractivity contribution in [3.8, 4) is 11.5 Å². The van der Waals surface area contributed by atoms with Crippen LogP contribution in [0.25, 0.3) is 0 Å². The molecule has 1 amide bonds. The molecular weight excluding hydrogens is 354 g/mol. The molecular formula is C15H14BrNO3S. The Morgan fingerprint density at radius 3 is 2.90 bits per heavy atom. The van der Waals surface area contributed by atoms with Gasteiger partial charge in [-0.2, -0.15) is 0 Å². The maximum atomic E-state index is 12.1. The number of hydrogen-bond donors (Lipinski definition) is 1. The van der Waals surface area contributed by atoms with Gasteiger partial charge in [-0.15, -0.1) is 11.3 Å². The summed E-state index contributed by atoms with van der Waals surface area (Å²) in [6.07, 6.45) is -0.173. The minimum absolute atomic E-state index is 0.0868. The van der Waals surface area contributed by atoms with Gasteiger partial charge < -0.3 is 14.8 Å². The number of nitrogens with one attached hydrogen (secondary N) is 1. The van der Waals surface area contributed by atoms with Gasteiger partial charge in [0.05, 0.1) is 15.2 Å². The van der Waals surface area contributed by atoms with Crippen LogP contribution in [0.3, 0.4) is 0 Å². The van der Waals surface area contributed by atoms with E-state index >= 15 is 0 Å². The summed E-state index contributed by atoms with van der Waals surface area (Å²) >= 11 is 4.85. The van der Waals surface area contributed by atoms with E-state index in [0.29, 0.717) is 18.0 Å². The van der Waals surface area contributed by atoms with Crippen molar-refractivity contribution in [2.45, 2.75) is 13.0 Å². The molecule has 0 saturated heterocycles. The van der Waals surface area contributed by atoms with Crippen molar-refractivity contribution < 1.29 is 14.3 Å². The van der Waals surface area contributed by atoms with Gasteiger partial charge in [0.25, 0.3) is 5.91 Å². The highest BCUT2D eigenvalue weighted by Gasteiger charge is 2.21. The molecule has 0 radical (unpaired) electrons. The number of rotatable bonds is 3. The van der Waals surface area contributed by atoms with Crippen molar-refractivity contribution in [2.75, 3.05) is 13.2 Å². The van der Waals surface area contributed by atoms with E-state index in [1.54, 1.807) is 0 Å². The van der Waals surface area contributed by atoms with Crippen LogP contribution in [0.15, 0.2) is 34.1 Å². The van der Waals surface area contributed by atoms with Crippen LogP contribution in [0.2, 0.25) is 0 Å². The van der Waals surface area contributed by atoms with Gasteiger partial charge in [0.1, 0.15) is 12.7 Å². The summed E-state index contributed by atoms with van der Waals surface area (Å²) in [7, 11) is 0. The molecule has 0 saturated carbocycles. The average Bonchev–Trinajstić information content (AvgIpc) is 2.84. The summed E-state index contributed by atoms with van der Waals surface area (Å²) in [5.74, 6) is 1.38. The first-order valence-corrected chi connectivity index (χ1v) is 8.17. The Balaban J connectivity index is 1.58. The number of aryl methyl sites for hydroxylation is 1. The number of benzene rings is 1. The van der Waals surface area contributed by atoms with Crippen molar-refractivity contribution in [1.82, 2.24) is 5.32 Å². The lowest BCUT2D eigenvalue weighted by atomic mass is 10.2. The molecule has 1 atom stereocenters. The van der Waals surface area contributed by atoms with E-state index < -0.39 is 0 Å². The van der Waals surface area contributed by atoms with Crippen LogP contribution >= 0.6 is 27.3 Å². The Morgan fingerprint density at radius 1 is 1.43 bits per heavy atom. The van der Waals surface area contributed by atoms with E-state index in [2.05, 4.69) is 21.2 Å². The van der Waals surface area contributed by atoms with Gasteiger partial charge in [-0.05, 0) is 46.6 Å². The lowest BCUT2D eigenvalue weighted by Gasteiger charge is -2.26. The first-order chi connectivity index (χ1) is 10.1. The van der Waals surface area contributed by atoms with Crippen molar-refractivity contribution in [3.63, 3.8) is 0 Å². The van der Waals surface area contributed by atoms with E-state index in [4.69, 9.17) is 9.47 Å². The van der Waals surface area contributed by atoms with Gasteiger partial charge in [0.15, 0.2) is 11.5 Å². The van der Waals surface area contributed by atoms with Gasteiger partial charge in [0, 0.05) is 0 Å². The summed E-state index contributed by atoms with van der Waals surface area (Å²) in [6, 6.07) is 9.41. The standard InChI is InChI=1S/C15H14BrNO3S/c1-9-6-13(21-14(9)16)15(18)17-7-10-8-19-11-4-2-3-5-12(11)20-10/h2-6,10H,7-8H2,1H3,(H,17,18). The van der Waals surface area contributed by atoms with E-state index in [1.807, 2.05) is 37.3 Å². The topological polar surface area (TPSA) is 47.6 Å². The van der Waals surface area contributed by atoms with E-state index in [0.717, 1.165) is 20.8 Å². The average molecular weight is 368 g/mol. The molecule has 2 aromatic rings. The van der Waals surface area contributed by atoms with E-state index in [9.17, 15) is 4.79 Å². The fourth-order valence-corrected chi connectivity index (χ4v) is 3.48. The first kappa shape index (κ1) is 14.4. The molecule has 1 aliphatic rings. The summed E-state index contributed by atoms with van der Waals surface area (Å²) in [5, 5.41) is 2.89. The molecule has 0 spiro atoms. The largest absolute Gasteiger partial charge is 0.486 e. The van der Waals surface area contributed by atoms with Crippen molar-refractivity contribution in [1.29, 1.82) is 0 Å². The second kappa shape index (κ2) is 6.07. The molecule has 0 fully saturated rings. The molecule has 6 heteroatoms. The second-order valence-corrected chi connectivity index (χ2v) is 7.15. The minimum atomic E-state index is -0.173. The zero-order chi connectivity index (χ0) is 14.8. The van der Waals surface area contributed by atoms with Crippen LogP contribution in [0.5, 0.6) is 11.5 Å². The normalized spacial score (nSPS) is 16.6. The van der Waals surface area contributed by atoms with Gasteiger partial charge in [-0.25, -0.2) is 0 Å². The predicted octanol–water partition coefficient (Wildman–Crippen LogP) is 3.39. The van der Waals surface area contributed by atoms with Crippen LogP contribution in [0.1, 0.15) is 15.2 Å². The fraction of sp³-hybridized carbons (Fsp3) is 0.267. The Kier molecular flexibility index (Phi) is 4.17. The van der Waals surface area contributed by atoms with Crippen LogP contribution < -0.4 is 14.8 Å². The molecule has 1 aromatic carbocycles. The highest BCUT2D eigenvalue weighted by Crippen LogP contribution is 2.31. The number of thiophene rings is 1. The highest BCUT2D eigenvalue weighted by molar-refractivity contribution is 9.11. The molecule has 21 heavy (non-hydrogen) atoms. The summed E-state index contributed by atoms with van der Waals surface area (Å²) in [6.45, 7) is 2.82. The van der Waals surface area contributed by atoms with Crippen molar-refractivity contribution in [2.24, 2.45) is 0 Å². The second-order valence-electron chi connectivity index (χ2n) is 4.77. The van der Waals surface area contributed by atoms with Gasteiger partial charge in [0.2, 0.25) is 0 Å². The SMILES string of the molecule is Cc1cc(C(=O)NCC2COc3ccccc3O2)sc1Br. The summed E-state index contributed by atoms with van der Waals surface area (Å²) < 4.78 is 12.4. The minimum Gasteiger partial charge on any atom is -0.486 e. The van der Waals surface area contributed by atoms with Crippen LogP contribution in [-0.2, 0) is 0 Å². The third kappa shape index (κ3) is 3.22. The number of carbonyl (C=O) groups is 1. The molecule has 1 aromatic heterocycles. The molecule has 4 nitrogen and oxygen atoms in total. The van der Waals surface area contributed by atoms with E-state index in [-0.39, 0.29) is 12.0 Å². The lowest BCUT2D eigenvalue weighted by Crippen LogP contribution is -2.40. The highest BCUT2D eigenvalue weighted by atomic mass is 79.9. The molecule has 1 unspecified atom stereocenters. The Labute approximate surface area is 135 Å². The number of ether oxygens (including phenoxy) is 2. The Morgan fingerprint density at radius 2 is 2.19 bits per heavy atom. The first-order valence-electron chi connectivity index (χ1n) is 6.56. The zero-order valence-corrected chi connectivity index (χ0v) is 13.8. The van der Waals surface area contributed by atoms with Crippen molar-refractivity contribution >= 4 is 33.2 Å². The third-order valence-corrected chi connectivity index (χ3v) is 5.27. The van der Waals surface area contributed by atoms with Crippen molar-refractivity contribution in [3.05, 3.63) is 44.6 Å².